The Kier molecular flexibility index (Phi) is 4.90. The van der Waals surface area contributed by atoms with E-state index in [-0.39, 0.29) is 5.56 Å². The lowest BCUT2D eigenvalue weighted by atomic mass is 10.0. The van der Waals surface area contributed by atoms with E-state index in [2.05, 4.69) is 0 Å². The number of hydrogen-bond acceptors (Lipinski definition) is 4. The molecule has 0 aliphatic rings. The van der Waals surface area contributed by atoms with Gasteiger partial charge in [0.15, 0.2) is 0 Å². The SMILES string of the molecule is CCC(OC(=O)c1ccccc1C#N)c1ccc(C#N)cc1. The predicted octanol–water partition coefficient (Wildman–Crippen LogP) is 3.74. The zero-order chi connectivity index (χ0) is 15.9. The number of nitriles is 2. The van der Waals surface area contributed by atoms with Crippen molar-refractivity contribution in [1.29, 1.82) is 10.5 Å². The van der Waals surface area contributed by atoms with Gasteiger partial charge < -0.3 is 4.74 Å². The van der Waals surface area contributed by atoms with Crippen molar-refractivity contribution in [2.24, 2.45) is 0 Å². The Morgan fingerprint density at radius 3 is 2.36 bits per heavy atom. The number of ether oxygens (including phenoxy) is 1. The second kappa shape index (κ2) is 7.06. The molecule has 0 radical (unpaired) electrons. The van der Waals surface area contributed by atoms with Gasteiger partial charge >= 0.3 is 5.97 Å². The minimum absolute atomic E-state index is 0.261. The molecule has 2 aromatic rings. The molecule has 0 fully saturated rings. The summed E-state index contributed by atoms with van der Waals surface area (Å²) in [5, 5.41) is 17.9. The van der Waals surface area contributed by atoms with Crippen LogP contribution in [0.3, 0.4) is 0 Å². The lowest BCUT2D eigenvalue weighted by Crippen LogP contribution is -2.12. The molecule has 0 aliphatic heterocycles. The van der Waals surface area contributed by atoms with Gasteiger partial charge in [-0.15, -0.1) is 0 Å². The van der Waals surface area contributed by atoms with Crippen molar-refractivity contribution in [3.05, 3.63) is 70.8 Å². The topological polar surface area (TPSA) is 73.9 Å². The number of carbonyl (C=O) groups is 1. The second-order valence-electron chi connectivity index (χ2n) is 4.69. The van der Waals surface area contributed by atoms with Crippen LogP contribution >= 0.6 is 0 Å². The molecule has 0 heterocycles. The molecule has 0 spiro atoms. The normalized spacial score (nSPS) is 11.0. The fourth-order valence-corrected chi connectivity index (χ4v) is 2.11. The maximum absolute atomic E-state index is 12.3. The summed E-state index contributed by atoms with van der Waals surface area (Å²) in [7, 11) is 0. The summed E-state index contributed by atoms with van der Waals surface area (Å²) in [5.74, 6) is -0.520. The summed E-state index contributed by atoms with van der Waals surface area (Å²) < 4.78 is 5.51. The summed E-state index contributed by atoms with van der Waals surface area (Å²) in [6.45, 7) is 1.91. The van der Waals surface area contributed by atoms with E-state index in [1.54, 1.807) is 48.5 Å². The maximum atomic E-state index is 12.3. The highest BCUT2D eigenvalue weighted by Gasteiger charge is 2.18. The van der Waals surface area contributed by atoms with Crippen LogP contribution in [0.1, 0.15) is 46.5 Å². The molecule has 0 N–H and O–H groups in total. The van der Waals surface area contributed by atoms with E-state index in [1.165, 1.54) is 0 Å². The van der Waals surface area contributed by atoms with Gasteiger partial charge in [-0.1, -0.05) is 31.2 Å². The van der Waals surface area contributed by atoms with Crippen LogP contribution in [-0.2, 0) is 4.74 Å². The van der Waals surface area contributed by atoms with E-state index in [0.29, 0.717) is 17.5 Å². The van der Waals surface area contributed by atoms with Crippen LogP contribution in [0.5, 0.6) is 0 Å². The number of carbonyl (C=O) groups excluding carboxylic acids is 1. The summed E-state index contributed by atoms with van der Waals surface area (Å²) in [5.41, 5.74) is 1.93. The molecule has 4 heteroatoms. The Balaban J connectivity index is 2.21. The van der Waals surface area contributed by atoms with E-state index in [9.17, 15) is 4.79 Å². The van der Waals surface area contributed by atoms with E-state index in [0.717, 1.165) is 5.56 Å². The number of nitrogens with zero attached hydrogens (tertiary/aromatic N) is 2. The minimum atomic E-state index is -0.520. The third kappa shape index (κ3) is 3.31. The zero-order valence-electron chi connectivity index (χ0n) is 12.1. The molecule has 108 valence electrons. The van der Waals surface area contributed by atoms with Gasteiger partial charge in [-0.05, 0) is 36.2 Å². The van der Waals surface area contributed by atoms with Gasteiger partial charge in [0, 0.05) is 0 Å². The number of esters is 1. The van der Waals surface area contributed by atoms with Crippen molar-refractivity contribution in [2.45, 2.75) is 19.4 Å². The summed E-state index contributed by atoms with van der Waals surface area (Å²) in [6.07, 6.45) is 0.193. The molecule has 1 atom stereocenters. The molecule has 0 saturated carbocycles. The lowest BCUT2D eigenvalue weighted by molar-refractivity contribution is 0.0287. The van der Waals surface area contributed by atoms with Crippen molar-refractivity contribution >= 4 is 5.97 Å². The maximum Gasteiger partial charge on any atom is 0.340 e. The summed E-state index contributed by atoms with van der Waals surface area (Å²) >= 11 is 0. The number of benzene rings is 2. The molecule has 2 aromatic carbocycles. The highest BCUT2D eigenvalue weighted by Crippen LogP contribution is 2.23. The van der Waals surface area contributed by atoms with Gasteiger partial charge in [0.2, 0.25) is 0 Å². The molecule has 0 amide bonds. The van der Waals surface area contributed by atoms with E-state index >= 15 is 0 Å². The lowest BCUT2D eigenvalue weighted by Gasteiger charge is -2.17. The molecular weight excluding hydrogens is 276 g/mol. The van der Waals surface area contributed by atoms with Gasteiger partial charge in [0.1, 0.15) is 12.2 Å². The van der Waals surface area contributed by atoms with Gasteiger partial charge in [-0.25, -0.2) is 4.79 Å². The first kappa shape index (κ1) is 15.3. The molecule has 22 heavy (non-hydrogen) atoms. The van der Waals surface area contributed by atoms with E-state index in [1.807, 2.05) is 19.1 Å². The molecule has 0 aromatic heterocycles. The largest absolute Gasteiger partial charge is 0.454 e. The van der Waals surface area contributed by atoms with Crippen LogP contribution in [0.25, 0.3) is 0 Å². The van der Waals surface area contributed by atoms with Crippen molar-refractivity contribution in [1.82, 2.24) is 0 Å². The summed E-state index contributed by atoms with van der Waals surface area (Å²) in [6, 6.07) is 17.5. The molecule has 1 unspecified atom stereocenters. The molecule has 2 rings (SSSR count). The highest BCUT2D eigenvalue weighted by atomic mass is 16.5. The Bertz CT molecular complexity index is 752. The van der Waals surface area contributed by atoms with Crippen molar-refractivity contribution in [3.63, 3.8) is 0 Å². The van der Waals surface area contributed by atoms with Gasteiger partial charge in [0.25, 0.3) is 0 Å². The molecule has 0 saturated heterocycles. The second-order valence-corrected chi connectivity index (χ2v) is 4.69. The van der Waals surface area contributed by atoms with Gasteiger partial charge in [-0.2, -0.15) is 10.5 Å². The smallest absolute Gasteiger partial charge is 0.340 e. The van der Waals surface area contributed by atoms with Crippen LogP contribution in [0.15, 0.2) is 48.5 Å². The van der Waals surface area contributed by atoms with Crippen LogP contribution in [-0.4, -0.2) is 5.97 Å². The fourth-order valence-electron chi connectivity index (χ4n) is 2.11. The first-order valence-corrected chi connectivity index (χ1v) is 6.89. The van der Waals surface area contributed by atoms with Gasteiger partial charge in [-0.3, -0.25) is 0 Å². The van der Waals surface area contributed by atoms with Crippen molar-refractivity contribution in [2.75, 3.05) is 0 Å². The van der Waals surface area contributed by atoms with Crippen LogP contribution < -0.4 is 0 Å². The van der Waals surface area contributed by atoms with E-state index < -0.39 is 12.1 Å². The molecule has 4 nitrogen and oxygen atoms in total. The van der Waals surface area contributed by atoms with Crippen molar-refractivity contribution < 1.29 is 9.53 Å². The zero-order valence-corrected chi connectivity index (χ0v) is 12.1. The standard InChI is InChI=1S/C18H14N2O2/c1-2-17(14-9-7-13(11-19)8-10-14)22-18(21)16-6-4-3-5-15(16)12-20/h3-10,17H,2H2,1H3. The molecule has 0 aliphatic carbocycles. The third-order valence-corrected chi connectivity index (χ3v) is 3.30. The van der Waals surface area contributed by atoms with E-state index in [4.69, 9.17) is 15.3 Å². The monoisotopic (exact) mass is 290 g/mol. The Morgan fingerprint density at radius 2 is 1.77 bits per heavy atom. The van der Waals surface area contributed by atoms with Gasteiger partial charge in [0.05, 0.1) is 22.8 Å². The Morgan fingerprint density at radius 1 is 1.09 bits per heavy atom. The Labute approximate surface area is 129 Å². The minimum Gasteiger partial charge on any atom is -0.454 e. The van der Waals surface area contributed by atoms with Crippen LogP contribution in [0.2, 0.25) is 0 Å². The fraction of sp³-hybridized carbons (Fsp3) is 0.167. The third-order valence-electron chi connectivity index (χ3n) is 3.30. The summed E-state index contributed by atoms with van der Waals surface area (Å²) in [4.78, 5) is 12.3. The quantitative estimate of drug-likeness (QED) is 0.804. The average molecular weight is 290 g/mol. The number of rotatable bonds is 4. The first-order valence-electron chi connectivity index (χ1n) is 6.89. The van der Waals surface area contributed by atoms with Crippen LogP contribution in [0.4, 0.5) is 0 Å². The average Bonchev–Trinajstić information content (AvgIpc) is 2.59. The number of hydrogen-bond donors (Lipinski definition) is 0. The molecular formula is C18H14N2O2. The predicted molar refractivity (Wildman–Crippen MR) is 80.8 cm³/mol. The Hall–Kier alpha value is -3.11. The van der Waals surface area contributed by atoms with Crippen LogP contribution in [0, 0.1) is 22.7 Å². The van der Waals surface area contributed by atoms with Crippen molar-refractivity contribution in [3.8, 4) is 12.1 Å². The first-order chi connectivity index (χ1) is 10.7. The molecule has 0 bridgehead atoms. The highest BCUT2D eigenvalue weighted by molar-refractivity contribution is 5.92.